The van der Waals surface area contributed by atoms with Crippen LogP contribution in [0.5, 0.6) is 0 Å². The lowest BCUT2D eigenvalue weighted by Crippen LogP contribution is -2.48. The molecule has 0 spiro atoms. The lowest BCUT2D eigenvalue weighted by Gasteiger charge is -2.34. The average molecular weight is 378 g/mol. The Labute approximate surface area is 165 Å². The predicted molar refractivity (Wildman–Crippen MR) is 108 cm³/mol. The second kappa shape index (κ2) is 8.52. The molecule has 0 bridgehead atoms. The topological polar surface area (TPSA) is 62.5 Å². The van der Waals surface area contributed by atoms with Crippen molar-refractivity contribution in [2.45, 2.75) is 32.7 Å². The normalized spacial score (nSPS) is 15.2. The minimum atomic E-state index is 0.107. The molecule has 0 radical (unpaired) electrons. The lowest BCUT2D eigenvalue weighted by molar-refractivity contribution is 0.0617. The van der Waals surface area contributed by atoms with Crippen LogP contribution in [0.25, 0.3) is 10.8 Å². The number of unbranched alkanes of at least 4 members (excludes halogenated alkanes) is 1. The molecule has 6 heteroatoms. The number of hydrogen-bond acceptors (Lipinski definition) is 5. The van der Waals surface area contributed by atoms with E-state index in [1.54, 1.807) is 0 Å². The number of benzene rings is 2. The first-order valence-corrected chi connectivity index (χ1v) is 10.1. The molecule has 0 atom stereocenters. The van der Waals surface area contributed by atoms with Crippen LogP contribution in [0.15, 0.2) is 47.0 Å². The Kier molecular flexibility index (Phi) is 5.67. The quantitative estimate of drug-likeness (QED) is 0.657. The fourth-order valence-corrected chi connectivity index (χ4v) is 3.67. The zero-order chi connectivity index (χ0) is 19.3. The van der Waals surface area contributed by atoms with Gasteiger partial charge in [0.05, 0.1) is 6.54 Å². The minimum absolute atomic E-state index is 0.107. The largest absolute Gasteiger partial charge is 0.338 e. The first-order chi connectivity index (χ1) is 13.7. The molecule has 3 aromatic rings. The first kappa shape index (κ1) is 18.6. The summed E-state index contributed by atoms with van der Waals surface area (Å²) in [6, 6.07) is 14.0. The van der Waals surface area contributed by atoms with Gasteiger partial charge in [-0.3, -0.25) is 9.69 Å². The van der Waals surface area contributed by atoms with Crippen LogP contribution < -0.4 is 0 Å². The smallest absolute Gasteiger partial charge is 0.254 e. The van der Waals surface area contributed by atoms with Gasteiger partial charge in [0.25, 0.3) is 5.91 Å². The van der Waals surface area contributed by atoms with Crippen molar-refractivity contribution in [3.63, 3.8) is 0 Å². The Balaban J connectivity index is 1.36. The zero-order valence-electron chi connectivity index (χ0n) is 16.3. The van der Waals surface area contributed by atoms with Gasteiger partial charge in [0, 0.05) is 38.2 Å². The maximum absolute atomic E-state index is 13.0. The van der Waals surface area contributed by atoms with Gasteiger partial charge in [-0.25, -0.2) is 0 Å². The molecule has 4 rings (SSSR count). The van der Waals surface area contributed by atoms with E-state index in [0.29, 0.717) is 25.5 Å². The molecule has 1 fully saturated rings. The van der Waals surface area contributed by atoms with Gasteiger partial charge in [-0.2, -0.15) is 4.98 Å². The van der Waals surface area contributed by atoms with Crippen LogP contribution in [0.2, 0.25) is 0 Å². The van der Waals surface area contributed by atoms with Gasteiger partial charge in [-0.05, 0) is 23.3 Å². The Morgan fingerprint density at radius 2 is 1.86 bits per heavy atom. The second-order valence-corrected chi connectivity index (χ2v) is 7.30. The first-order valence-electron chi connectivity index (χ1n) is 10.1. The Morgan fingerprint density at radius 3 is 2.68 bits per heavy atom. The zero-order valence-corrected chi connectivity index (χ0v) is 16.3. The molecule has 0 unspecified atom stereocenters. The average Bonchev–Trinajstić information content (AvgIpc) is 3.19. The van der Waals surface area contributed by atoms with Gasteiger partial charge in [0.2, 0.25) is 5.89 Å². The van der Waals surface area contributed by atoms with Gasteiger partial charge in [0.1, 0.15) is 0 Å². The van der Waals surface area contributed by atoms with E-state index in [1.165, 1.54) is 0 Å². The molecular formula is C22H26N4O2. The highest BCUT2D eigenvalue weighted by atomic mass is 16.5. The van der Waals surface area contributed by atoms with Crippen LogP contribution in [0.3, 0.4) is 0 Å². The summed E-state index contributed by atoms with van der Waals surface area (Å²) < 4.78 is 5.37. The number of hydrogen-bond donors (Lipinski definition) is 0. The van der Waals surface area contributed by atoms with E-state index in [4.69, 9.17) is 4.52 Å². The molecule has 1 aliphatic rings. The van der Waals surface area contributed by atoms with Crippen molar-refractivity contribution >= 4 is 16.7 Å². The molecule has 0 aliphatic carbocycles. The number of aryl methyl sites for hydroxylation is 1. The number of piperazine rings is 1. The van der Waals surface area contributed by atoms with Crippen molar-refractivity contribution in [1.29, 1.82) is 0 Å². The van der Waals surface area contributed by atoms with E-state index in [2.05, 4.69) is 22.0 Å². The summed E-state index contributed by atoms with van der Waals surface area (Å²) >= 11 is 0. The standard InChI is InChI=1S/C22H26N4O2/c1-2-3-11-20-23-21(28-24-20)16-25-12-14-26(15-13-25)22(27)19-10-6-8-17-7-4-5-9-18(17)19/h4-10H,2-3,11-16H2,1H3. The van der Waals surface area contributed by atoms with E-state index in [-0.39, 0.29) is 5.91 Å². The molecule has 2 aromatic carbocycles. The van der Waals surface area contributed by atoms with Crippen molar-refractivity contribution in [2.24, 2.45) is 0 Å². The van der Waals surface area contributed by atoms with E-state index in [9.17, 15) is 4.79 Å². The van der Waals surface area contributed by atoms with E-state index >= 15 is 0 Å². The summed E-state index contributed by atoms with van der Waals surface area (Å²) in [5.74, 6) is 1.57. The number of fused-ring (bicyclic) bond motifs is 1. The van der Waals surface area contributed by atoms with Crippen LogP contribution in [0, 0.1) is 0 Å². The fraction of sp³-hybridized carbons (Fsp3) is 0.409. The number of carbonyl (C=O) groups is 1. The minimum Gasteiger partial charge on any atom is -0.338 e. The van der Waals surface area contributed by atoms with Crippen LogP contribution >= 0.6 is 0 Å². The Morgan fingerprint density at radius 1 is 1.07 bits per heavy atom. The highest BCUT2D eigenvalue weighted by Gasteiger charge is 2.24. The molecule has 1 aromatic heterocycles. The van der Waals surface area contributed by atoms with Crippen molar-refractivity contribution in [1.82, 2.24) is 19.9 Å². The predicted octanol–water partition coefficient (Wildman–Crippen LogP) is 3.52. The Bertz CT molecular complexity index is 939. The van der Waals surface area contributed by atoms with Crippen molar-refractivity contribution in [2.75, 3.05) is 26.2 Å². The Hall–Kier alpha value is -2.73. The number of aromatic nitrogens is 2. The third-order valence-electron chi connectivity index (χ3n) is 5.30. The number of amides is 1. The molecule has 1 saturated heterocycles. The molecule has 146 valence electrons. The molecule has 1 aliphatic heterocycles. The van der Waals surface area contributed by atoms with Gasteiger partial charge in [-0.1, -0.05) is 54.9 Å². The summed E-state index contributed by atoms with van der Waals surface area (Å²) in [5.41, 5.74) is 0.781. The van der Waals surface area contributed by atoms with Gasteiger partial charge >= 0.3 is 0 Å². The summed E-state index contributed by atoms with van der Waals surface area (Å²) in [5, 5.41) is 6.17. The number of rotatable bonds is 6. The fourth-order valence-electron chi connectivity index (χ4n) is 3.67. The molecule has 28 heavy (non-hydrogen) atoms. The SMILES string of the molecule is CCCCc1noc(CN2CCN(C(=O)c3cccc4ccccc34)CC2)n1. The van der Waals surface area contributed by atoms with Crippen molar-refractivity contribution in [3.05, 3.63) is 59.7 Å². The van der Waals surface area contributed by atoms with Crippen molar-refractivity contribution in [3.8, 4) is 0 Å². The molecular weight excluding hydrogens is 352 g/mol. The molecule has 2 heterocycles. The van der Waals surface area contributed by atoms with Crippen LogP contribution in [-0.4, -0.2) is 52.0 Å². The van der Waals surface area contributed by atoms with Crippen LogP contribution in [0.1, 0.15) is 41.8 Å². The highest BCUT2D eigenvalue weighted by Crippen LogP contribution is 2.21. The summed E-state index contributed by atoms with van der Waals surface area (Å²) in [6.07, 6.45) is 3.07. The lowest BCUT2D eigenvalue weighted by atomic mass is 10.0. The van der Waals surface area contributed by atoms with Crippen LogP contribution in [-0.2, 0) is 13.0 Å². The van der Waals surface area contributed by atoms with Gasteiger partial charge in [0.15, 0.2) is 5.82 Å². The van der Waals surface area contributed by atoms with Crippen LogP contribution in [0.4, 0.5) is 0 Å². The van der Waals surface area contributed by atoms with Crippen molar-refractivity contribution < 1.29 is 9.32 Å². The highest BCUT2D eigenvalue weighted by molar-refractivity contribution is 6.07. The third-order valence-corrected chi connectivity index (χ3v) is 5.30. The second-order valence-electron chi connectivity index (χ2n) is 7.30. The van der Waals surface area contributed by atoms with E-state index in [1.807, 2.05) is 47.4 Å². The molecule has 1 amide bonds. The molecule has 0 saturated carbocycles. The summed E-state index contributed by atoms with van der Waals surface area (Å²) in [7, 11) is 0. The van der Waals surface area contributed by atoms with E-state index in [0.717, 1.165) is 54.5 Å². The monoisotopic (exact) mass is 378 g/mol. The summed E-state index contributed by atoms with van der Waals surface area (Å²) in [4.78, 5) is 21.7. The van der Waals surface area contributed by atoms with Gasteiger partial charge < -0.3 is 9.42 Å². The third kappa shape index (κ3) is 4.07. The van der Waals surface area contributed by atoms with Gasteiger partial charge in [-0.15, -0.1) is 0 Å². The summed E-state index contributed by atoms with van der Waals surface area (Å²) in [6.45, 7) is 5.83. The number of nitrogens with zero attached hydrogens (tertiary/aromatic N) is 4. The number of carbonyl (C=O) groups excluding carboxylic acids is 1. The van der Waals surface area contributed by atoms with E-state index < -0.39 is 0 Å². The maximum atomic E-state index is 13.0. The maximum Gasteiger partial charge on any atom is 0.254 e. The molecule has 0 N–H and O–H groups in total. The molecule has 6 nitrogen and oxygen atoms in total.